The molecule has 1 aromatic heterocycles. The standard InChI is InChI=1S/C10H7Cl2FN2/c1-4-2-6(14)8-7(15-4)3-5(11)10(13)9(8)12/h2-3H,1H3,(H2,14,15). The van der Waals surface area contributed by atoms with E-state index in [-0.39, 0.29) is 10.0 Å². The maximum Gasteiger partial charge on any atom is 0.161 e. The molecule has 0 radical (unpaired) electrons. The number of benzene rings is 1. The predicted molar refractivity (Wildman–Crippen MR) is 60.9 cm³/mol. The van der Waals surface area contributed by atoms with Crippen molar-refractivity contribution in [1.29, 1.82) is 0 Å². The number of nitrogens with two attached hydrogens (primary N) is 1. The van der Waals surface area contributed by atoms with Gasteiger partial charge in [0.2, 0.25) is 0 Å². The highest BCUT2D eigenvalue weighted by Crippen LogP contribution is 2.34. The SMILES string of the molecule is Cc1cc(N)c2c(Cl)c(F)c(Cl)cc2n1. The lowest BCUT2D eigenvalue weighted by atomic mass is 10.1. The maximum absolute atomic E-state index is 13.4. The Labute approximate surface area is 95.8 Å². The summed E-state index contributed by atoms with van der Waals surface area (Å²) >= 11 is 11.5. The molecule has 0 saturated heterocycles. The molecule has 0 unspecified atom stereocenters. The average Bonchev–Trinajstić information content (AvgIpc) is 2.13. The molecular weight excluding hydrogens is 238 g/mol. The molecule has 0 fully saturated rings. The van der Waals surface area contributed by atoms with E-state index in [4.69, 9.17) is 28.9 Å². The van der Waals surface area contributed by atoms with Gasteiger partial charge in [-0.1, -0.05) is 23.2 Å². The Kier molecular flexibility index (Phi) is 2.44. The van der Waals surface area contributed by atoms with Crippen LogP contribution in [0.15, 0.2) is 12.1 Å². The molecule has 5 heteroatoms. The van der Waals surface area contributed by atoms with Crippen molar-refractivity contribution in [3.63, 3.8) is 0 Å². The number of fused-ring (bicyclic) bond motifs is 1. The predicted octanol–water partition coefficient (Wildman–Crippen LogP) is 3.57. The number of anilines is 1. The van der Waals surface area contributed by atoms with Crippen molar-refractivity contribution in [2.24, 2.45) is 0 Å². The second-order valence-electron chi connectivity index (χ2n) is 3.23. The molecule has 1 heterocycles. The third-order valence-electron chi connectivity index (χ3n) is 2.09. The summed E-state index contributed by atoms with van der Waals surface area (Å²) in [7, 11) is 0. The van der Waals surface area contributed by atoms with E-state index in [1.165, 1.54) is 6.07 Å². The molecule has 78 valence electrons. The highest BCUT2D eigenvalue weighted by molar-refractivity contribution is 6.39. The first kappa shape index (κ1) is 10.5. The van der Waals surface area contributed by atoms with Crippen LogP contribution in [0.4, 0.5) is 10.1 Å². The molecule has 0 amide bonds. The molecule has 0 aliphatic carbocycles. The third kappa shape index (κ3) is 1.62. The Balaban J connectivity index is 2.99. The van der Waals surface area contributed by atoms with Gasteiger partial charge in [0.05, 0.1) is 15.6 Å². The molecule has 2 rings (SSSR count). The zero-order valence-corrected chi connectivity index (χ0v) is 9.33. The highest BCUT2D eigenvalue weighted by atomic mass is 35.5. The van der Waals surface area contributed by atoms with Crippen molar-refractivity contribution in [2.45, 2.75) is 6.92 Å². The Hall–Kier alpha value is -1.06. The number of aromatic nitrogens is 1. The number of halogens is 3. The maximum atomic E-state index is 13.4. The van der Waals surface area contributed by atoms with E-state index in [9.17, 15) is 4.39 Å². The zero-order valence-electron chi connectivity index (χ0n) is 7.81. The number of nitrogens with zero attached hydrogens (tertiary/aromatic N) is 1. The van der Waals surface area contributed by atoms with Crippen LogP contribution in [0.1, 0.15) is 5.69 Å². The molecule has 0 atom stereocenters. The fraction of sp³-hybridized carbons (Fsp3) is 0.100. The molecule has 2 aromatic rings. The number of pyridine rings is 1. The van der Waals surface area contributed by atoms with Crippen molar-refractivity contribution < 1.29 is 4.39 Å². The Morgan fingerprint density at radius 2 is 2.00 bits per heavy atom. The van der Waals surface area contributed by atoms with Gasteiger partial charge in [-0.05, 0) is 19.1 Å². The second-order valence-corrected chi connectivity index (χ2v) is 4.02. The van der Waals surface area contributed by atoms with Gasteiger partial charge < -0.3 is 5.73 Å². The molecule has 0 spiro atoms. The van der Waals surface area contributed by atoms with Crippen LogP contribution in [-0.4, -0.2) is 4.98 Å². The van der Waals surface area contributed by atoms with Crippen molar-refractivity contribution in [2.75, 3.05) is 5.73 Å². The van der Waals surface area contributed by atoms with Crippen LogP contribution in [0.5, 0.6) is 0 Å². The first-order valence-corrected chi connectivity index (χ1v) is 4.96. The van der Waals surface area contributed by atoms with E-state index in [0.29, 0.717) is 16.6 Å². The smallest absolute Gasteiger partial charge is 0.161 e. The quantitative estimate of drug-likeness (QED) is 0.720. The van der Waals surface area contributed by atoms with Crippen LogP contribution in [0.25, 0.3) is 10.9 Å². The molecule has 2 nitrogen and oxygen atoms in total. The Morgan fingerprint density at radius 1 is 1.33 bits per heavy atom. The summed E-state index contributed by atoms with van der Waals surface area (Å²) in [6, 6.07) is 3.06. The van der Waals surface area contributed by atoms with Gasteiger partial charge in [0.25, 0.3) is 0 Å². The van der Waals surface area contributed by atoms with E-state index in [1.54, 1.807) is 13.0 Å². The summed E-state index contributed by atoms with van der Waals surface area (Å²) in [5.41, 5.74) is 7.38. The zero-order chi connectivity index (χ0) is 11.2. The minimum Gasteiger partial charge on any atom is -0.398 e. The van der Waals surface area contributed by atoms with E-state index in [0.717, 1.165) is 5.69 Å². The van der Waals surface area contributed by atoms with Crippen LogP contribution in [-0.2, 0) is 0 Å². The monoisotopic (exact) mass is 244 g/mol. The van der Waals surface area contributed by atoms with E-state index >= 15 is 0 Å². The number of rotatable bonds is 0. The van der Waals surface area contributed by atoms with Crippen molar-refractivity contribution >= 4 is 39.8 Å². The van der Waals surface area contributed by atoms with Gasteiger partial charge in [0.1, 0.15) is 0 Å². The number of nitrogen functional groups attached to an aromatic ring is 1. The van der Waals surface area contributed by atoms with Gasteiger partial charge in [0, 0.05) is 16.8 Å². The minimum atomic E-state index is -0.664. The van der Waals surface area contributed by atoms with E-state index < -0.39 is 5.82 Å². The van der Waals surface area contributed by atoms with Crippen LogP contribution < -0.4 is 5.73 Å². The summed E-state index contributed by atoms with van der Waals surface area (Å²) in [5, 5.41) is 0.275. The molecule has 15 heavy (non-hydrogen) atoms. The lowest BCUT2D eigenvalue weighted by Crippen LogP contribution is -1.94. The molecule has 0 bridgehead atoms. The van der Waals surface area contributed by atoms with Gasteiger partial charge in [-0.3, -0.25) is 4.98 Å². The average molecular weight is 245 g/mol. The number of hydrogen-bond acceptors (Lipinski definition) is 2. The van der Waals surface area contributed by atoms with Crippen LogP contribution in [0.3, 0.4) is 0 Å². The topological polar surface area (TPSA) is 38.9 Å². The minimum absolute atomic E-state index is 0.0509. The lowest BCUT2D eigenvalue weighted by molar-refractivity contribution is 0.630. The normalized spacial score (nSPS) is 10.9. The summed E-state index contributed by atoms with van der Waals surface area (Å²) in [6.45, 7) is 1.79. The largest absolute Gasteiger partial charge is 0.398 e. The third-order valence-corrected chi connectivity index (χ3v) is 2.72. The Morgan fingerprint density at radius 3 is 2.67 bits per heavy atom. The van der Waals surface area contributed by atoms with Crippen LogP contribution in [0.2, 0.25) is 10.0 Å². The summed E-state index contributed by atoms with van der Waals surface area (Å²) in [5.74, 6) is -0.664. The van der Waals surface area contributed by atoms with Gasteiger partial charge in [-0.25, -0.2) is 4.39 Å². The van der Waals surface area contributed by atoms with Crippen molar-refractivity contribution in [3.8, 4) is 0 Å². The second kappa shape index (κ2) is 3.51. The molecular formula is C10H7Cl2FN2. The fourth-order valence-electron chi connectivity index (χ4n) is 1.46. The van der Waals surface area contributed by atoms with Crippen LogP contribution in [0, 0.1) is 12.7 Å². The molecule has 0 aliphatic heterocycles. The summed E-state index contributed by atoms with van der Waals surface area (Å²) in [6.07, 6.45) is 0. The van der Waals surface area contributed by atoms with Gasteiger partial charge in [0.15, 0.2) is 5.82 Å². The van der Waals surface area contributed by atoms with Crippen molar-refractivity contribution in [3.05, 3.63) is 33.7 Å². The van der Waals surface area contributed by atoms with E-state index in [2.05, 4.69) is 4.98 Å². The first-order chi connectivity index (χ1) is 7.00. The summed E-state index contributed by atoms with van der Waals surface area (Å²) < 4.78 is 13.4. The Bertz CT molecular complexity index is 555. The van der Waals surface area contributed by atoms with Crippen molar-refractivity contribution in [1.82, 2.24) is 4.98 Å². The van der Waals surface area contributed by atoms with E-state index in [1.807, 2.05) is 0 Å². The highest BCUT2D eigenvalue weighted by Gasteiger charge is 2.13. The molecule has 2 N–H and O–H groups in total. The lowest BCUT2D eigenvalue weighted by Gasteiger charge is -2.07. The molecule has 1 aromatic carbocycles. The van der Waals surface area contributed by atoms with Gasteiger partial charge >= 0.3 is 0 Å². The molecule has 0 saturated carbocycles. The fourth-order valence-corrected chi connectivity index (χ4v) is 2.02. The number of hydrogen-bond donors (Lipinski definition) is 1. The molecule has 0 aliphatic rings. The van der Waals surface area contributed by atoms with Gasteiger partial charge in [-0.15, -0.1) is 0 Å². The number of aryl methyl sites for hydroxylation is 1. The van der Waals surface area contributed by atoms with Gasteiger partial charge in [-0.2, -0.15) is 0 Å². The summed E-state index contributed by atoms with van der Waals surface area (Å²) in [4.78, 5) is 4.18. The first-order valence-electron chi connectivity index (χ1n) is 4.21. The van der Waals surface area contributed by atoms with Crippen LogP contribution >= 0.6 is 23.2 Å².